The van der Waals surface area contributed by atoms with E-state index in [-0.39, 0.29) is 6.04 Å². The number of methoxy groups -OCH3 is 1. The Morgan fingerprint density at radius 1 is 1.56 bits per heavy atom. The monoisotopic (exact) mass is 224 g/mol. The molecule has 0 aliphatic heterocycles. The lowest BCUT2D eigenvalue weighted by Crippen LogP contribution is -2.25. The number of ether oxygens (including phenoxy) is 1. The summed E-state index contributed by atoms with van der Waals surface area (Å²) in [4.78, 5) is 4.07. The lowest BCUT2D eigenvalue weighted by molar-refractivity contribution is 0.0590. The van der Waals surface area contributed by atoms with Gasteiger partial charge in [-0.25, -0.2) is 0 Å². The van der Waals surface area contributed by atoms with Crippen molar-refractivity contribution in [2.24, 2.45) is 0 Å². The van der Waals surface area contributed by atoms with E-state index in [1.165, 1.54) is 0 Å². The summed E-state index contributed by atoms with van der Waals surface area (Å²) in [6.45, 7) is 3.24. The highest BCUT2D eigenvalue weighted by molar-refractivity contribution is 5.12. The van der Waals surface area contributed by atoms with Gasteiger partial charge >= 0.3 is 0 Å². The molecular weight excluding hydrogens is 204 g/mol. The lowest BCUT2D eigenvalue weighted by atomic mass is 10.1. The first-order valence-corrected chi connectivity index (χ1v) is 5.54. The standard InChI is InChI=1S/C12H20N2O2/c1-10(11-4-3-6-13-8-11)14-7-5-12(15)9-16-2/h3-4,6,8,10,12,14-15H,5,7,9H2,1-2H3. The number of hydrogen-bond acceptors (Lipinski definition) is 4. The third-order valence-electron chi connectivity index (χ3n) is 2.47. The van der Waals surface area contributed by atoms with Gasteiger partial charge in [0.2, 0.25) is 0 Å². The number of nitrogens with zero attached hydrogens (tertiary/aromatic N) is 1. The molecule has 0 radical (unpaired) electrons. The fourth-order valence-electron chi connectivity index (χ4n) is 1.49. The molecule has 0 fully saturated rings. The van der Waals surface area contributed by atoms with Crippen LogP contribution in [0.3, 0.4) is 0 Å². The summed E-state index contributed by atoms with van der Waals surface area (Å²) < 4.78 is 4.86. The molecule has 0 aromatic carbocycles. The van der Waals surface area contributed by atoms with Crippen LogP contribution in [0.15, 0.2) is 24.5 Å². The second-order valence-corrected chi connectivity index (χ2v) is 3.86. The van der Waals surface area contributed by atoms with E-state index in [1.54, 1.807) is 13.3 Å². The van der Waals surface area contributed by atoms with Gasteiger partial charge < -0.3 is 15.2 Å². The molecule has 4 heteroatoms. The summed E-state index contributed by atoms with van der Waals surface area (Å²) in [5.74, 6) is 0. The van der Waals surface area contributed by atoms with E-state index in [4.69, 9.17) is 4.74 Å². The summed E-state index contributed by atoms with van der Waals surface area (Å²) in [6.07, 6.45) is 3.92. The van der Waals surface area contributed by atoms with Gasteiger partial charge in [0.15, 0.2) is 0 Å². The maximum Gasteiger partial charge on any atom is 0.0785 e. The minimum atomic E-state index is -0.390. The number of rotatable bonds is 7. The average molecular weight is 224 g/mol. The van der Waals surface area contributed by atoms with Crippen LogP contribution >= 0.6 is 0 Å². The fraction of sp³-hybridized carbons (Fsp3) is 0.583. The minimum absolute atomic E-state index is 0.253. The second kappa shape index (κ2) is 7.33. The molecule has 0 bridgehead atoms. The minimum Gasteiger partial charge on any atom is -0.391 e. The highest BCUT2D eigenvalue weighted by Crippen LogP contribution is 2.09. The third kappa shape index (κ3) is 4.70. The van der Waals surface area contributed by atoms with Crippen LogP contribution in [0, 0.1) is 0 Å². The zero-order chi connectivity index (χ0) is 11.8. The van der Waals surface area contributed by atoms with Crippen molar-refractivity contribution in [3.63, 3.8) is 0 Å². The zero-order valence-electron chi connectivity index (χ0n) is 9.89. The Kier molecular flexibility index (Phi) is 6.00. The van der Waals surface area contributed by atoms with Gasteiger partial charge in [0, 0.05) is 25.5 Å². The Labute approximate surface area is 96.7 Å². The first-order chi connectivity index (χ1) is 7.74. The molecule has 1 rings (SSSR count). The van der Waals surface area contributed by atoms with Crippen molar-refractivity contribution in [3.8, 4) is 0 Å². The van der Waals surface area contributed by atoms with Crippen molar-refractivity contribution in [1.29, 1.82) is 0 Å². The molecule has 4 nitrogen and oxygen atoms in total. The quantitative estimate of drug-likeness (QED) is 0.729. The van der Waals surface area contributed by atoms with Gasteiger partial charge in [0.05, 0.1) is 12.7 Å². The summed E-state index contributed by atoms with van der Waals surface area (Å²) in [5, 5.41) is 12.8. The van der Waals surface area contributed by atoms with E-state index >= 15 is 0 Å². The molecule has 2 atom stereocenters. The number of pyridine rings is 1. The van der Waals surface area contributed by atoms with E-state index < -0.39 is 6.10 Å². The van der Waals surface area contributed by atoms with E-state index in [0.29, 0.717) is 13.0 Å². The molecule has 0 aliphatic rings. The molecule has 90 valence electrons. The van der Waals surface area contributed by atoms with Crippen LogP contribution in [0.5, 0.6) is 0 Å². The smallest absolute Gasteiger partial charge is 0.0785 e. The molecule has 1 aromatic rings. The highest BCUT2D eigenvalue weighted by atomic mass is 16.5. The lowest BCUT2D eigenvalue weighted by Gasteiger charge is -2.15. The van der Waals surface area contributed by atoms with Gasteiger partial charge in [0.25, 0.3) is 0 Å². The van der Waals surface area contributed by atoms with Crippen LogP contribution in [0.4, 0.5) is 0 Å². The Morgan fingerprint density at radius 2 is 2.38 bits per heavy atom. The Balaban J connectivity index is 2.23. The summed E-state index contributed by atoms with van der Waals surface area (Å²) in [5.41, 5.74) is 1.16. The largest absolute Gasteiger partial charge is 0.391 e. The number of aliphatic hydroxyl groups is 1. The predicted octanol–water partition coefficient (Wildman–Crippen LogP) is 1.13. The summed E-state index contributed by atoms with van der Waals surface area (Å²) >= 11 is 0. The molecule has 0 saturated carbocycles. The van der Waals surface area contributed by atoms with Gasteiger partial charge in [-0.2, -0.15) is 0 Å². The van der Waals surface area contributed by atoms with Crippen molar-refractivity contribution < 1.29 is 9.84 Å². The third-order valence-corrected chi connectivity index (χ3v) is 2.47. The highest BCUT2D eigenvalue weighted by Gasteiger charge is 2.06. The first kappa shape index (κ1) is 13.1. The van der Waals surface area contributed by atoms with E-state index in [1.807, 2.05) is 18.3 Å². The molecule has 0 saturated heterocycles. The van der Waals surface area contributed by atoms with Gasteiger partial charge in [-0.1, -0.05) is 6.07 Å². The summed E-state index contributed by atoms with van der Waals surface area (Å²) in [7, 11) is 1.59. The molecule has 16 heavy (non-hydrogen) atoms. The molecule has 0 spiro atoms. The van der Waals surface area contributed by atoms with Gasteiger partial charge in [-0.3, -0.25) is 4.98 Å². The van der Waals surface area contributed by atoms with Crippen molar-refractivity contribution in [3.05, 3.63) is 30.1 Å². The van der Waals surface area contributed by atoms with Crippen molar-refractivity contribution >= 4 is 0 Å². The maximum atomic E-state index is 9.46. The van der Waals surface area contributed by atoms with Crippen LogP contribution in [0.25, 0.3) is 0 Å². The fourth-order valence-corrected chi connectivity index (χ4v) is 1.49. The second-order valence-electron chi connectivity index (χ2n) is 3.86. The molecular formula is C12H20N2O2. The molecule has 1 aromatic heterocycles. The predicted molar refractivity (Wildman–Crippen MR) is 63.2 cm³/mol. The SMILES string of the molecule is COCC(O)CCNC(C)c1cccnc1. The molecule has 0 amide bonds. The van der Waals surface area contributed by atoms with E-state index in [0.717, 1.165) is 12.1 Å². The van der Waals surface area contributed by atoms with Gasteiger partial charge in [-0.05, 0) is 31.5 Å². The average Bonchev–Trinajstić information content (AvgIpc) is 2.30. The topological polar surface area (TPSA) is 54.4 Å². The number of hydrogen-bond donors (Lipinski definition) is 2. The van der Waals surface area contributed by atoms with Crippen LogP contribution in [0.1, 0.15) is 24.9 Å². The van der Waals surface area contributed by atoms with Crippen molar-refractivity contribution in [2.45, 2.75) is 25.5 Å². The van der Waals surface area contributed by atoms with Crippen molar-refractivity contribution in [2.75, 3.05) is 20.3 Å². The van der Waals surface area contributed by atoms with E-state index in [9.17, 15) is 5.11 Å². The maximum absolute atomic E-state index is 9.46. The van der Waals surface area contributed by atoms with Crippen LogP contribution < -0.4 is 5.32 Å². The number of aliphatic hydroxyl groups excluding tert-OH is 1. The first-order valence-electron chi connectivity index (χ1n) is 5.54. The molecule has 1 heterocycles. The summed E-state index contributed by atoms with van der Waals surface area (Å²) in [6, 6.07) is 4.22. The number of aromatic nitrogens is 1. The van der Waals surface area contributed by atoms with Gasteiger partial charge in [0.1, 0.15) is 0 Å². The Bertz CT molecular complexity index is 280. The zero-order valence-corrected chi connectivity index (χ0v) is 9.89. The molecule has 2 N–H and O–H groups in total. The van der Waals surface area contributed by atoms with Crippen LogP contribution in [-0.4, -0.2) is 36.5 Å². The van der Waals surface area contributed by atoms with Crippen molar-refractivity contribution in [1.82, 2.24) is 10.3 Å². The molecule has 0 aliphatic carbocycles. The normalized spacial score (nSPS) is 14.7. The Morgan fingerprint density at radius 3 is 3.00 bits per heavy atom. The van der Waals surface area contributed by atoms with Crippen LogP contribution in [-0.2, 0) is 4.74 Å². The molecule has 2 unspecified atom stereocenters. The van der Waals surface area contributed by atoms with E-state index in [2.05, 4.69) is 17.2 Å². The Hall–Kier alpha value is -0.970. The van der Waals surface area contributed by atoms with Gasteiger partial charge in [-0.15, -0.1) is 0 Å². The number of nitrogens with one attached hydrogen (secondary N) is 1. The van der Waals surface area contributed by atoms with Crippen LogP contribution in [0.2, 0.25) is 0 Å².